The number of aryl methyl sites for hydroxylation is 1. The first-order valence-corrected chi connectivity index (χ1v) is 11.0. The van der Waals surface area contributed by atoms with Crippen LogP contribution < -0.4 is 10.6 Å². The van der Waals surface area contributed by atoms with Crippen molar-refractivity contribution in [3.8, 4) is 0 Å². The van der Waals surface area contributed by atoms with E-state index >= 15 is 0 Å². The first-order valence-electron chi connectivity index (χ1n) is 11.0. The lowest BCUT2D eigenvalue weighted by atomic mass is 9.95. The molecule has 2 atom stereocenters. The van der Waals surface area contributed by atoms with Gasteiger partial charge < -0.3 is 15.5 Å². The summed E-state index contributed by atoms with van der Waals surface area (Å²) in [5.41, 5.74) is 1.85. The maximum absolute atomic E-state index is 12.9. The standard InChI is InChI=1S/C23H36N4O3/c1-5-13-24-22(29)19-11-9-14-27(15-19)17(3)23(30)26(4)16-21(28)25-20-12-8-7-10-18(20)6-2/h7-8,10,12,17,19H,5-6,9,11,13-16H2,1-4H3,(H,24,29)(H,25,28)/t17-,19-/m1/s1. The normalized spacial score (nSPS) is 17.8. The molecule has 1 aromatic carbocycles. The van der Waals surface area contributed by atoms with Crippen LogP contribution >= 0.6 is 0 Å². The monoisotopic (exact) mass is 416 g/mol. The van der Waals surface area contributed by atoms with E-state index in [2.05, 4.69) is 15.5 Å². The van der Waals surface area contributed by atoms with Crippen LogP contribution in [0.2, 0.25) is 0 Å². The third kappa shape index (κ3) is 6.55. The summed E-state index contributed by atoms with van der Waals surface area (Å²) in [4.78, 5) is 41.2. The largest absolute Gasteiger partial charge is 0.356 e. The Bertz CT molecular complexity index is 737. The molecular formula is C23H36N4O3. The number of carbonyl (C=O) groups is 3. The summed E-state index contributed by atoms with van der Waals surface area (Å²) in [5.74, 6) is -0.332. The Morgan fingerprint density at radius 3 is 2.67 bits per heavy atom. The van der Waals surface area contributed by atoms with E-state index in [0.29, 0.717) is 13.1 Å². The summed E-state index contributed by atoms with van der Waals surface area (Å²) in [5, 5.41) is 5.87. The zero-order valence-electron chi connectivity index (χ0n) is 18.7. The molecule has 1 aliphatic rings. The summed E-state index contributed by atoms with van der Waals surface area (Å²) in [6.45, 7) is 7.96. The van der Waals surface area contributed by atoms with Crippen molar-refractivity contribution in [3.63, 3.8) is 0 Å². The Kier molecular flexibility index (Phi) is 9.30. The Hall–Kier alpha value is -2.41. The second-order valence-corrected chi connectivity index (χ2v) is 8.05. The number of benzene rings is 1. The zero-order valence-corrected chi connectivity index (χ0v) is 18.7. The molecule has 0 aliphatic carbocycles. The molecule has 7 nitrogen and oxygen atoms in total. The lowest BCUT2D eigenvalue weighted by molar-refractivity contribution is -0.139. The van der Waals surface area contributed by atoms with Gasteiger partial charge in [-0.3, -0.25) is 19.3 Å². The molecule has 0 saturated carbocycles. The highest BCUT2D eigenvalue weighted by atomic mass is 16.2. The average Bonchev–Trinajstić information content (AvgIpc) is 2.76. The molecule has 2 N–H and O–H groups in total. The number of para-hydroxylation sites is 1. The van der Waals surface area contributed by atoms with Crippen molar-refractivity contribution >= 4 is 23.4 Å². The van der Waals surface area contributed by atoms with E-state index in [1.807, 2.05) is 45.0 Å². The predicted molar refractivity (Wildman–Crippen MR) is 119 cm³/mol. The average molecular weight is 417 g/mol. The van der Waals surface area contributed by atoms with E-state index in [4.69, 9.17) is 0 Å². The van der Waals surface area contributed by atoms with Gasteiger partial charge in [-0.2, -0.15) is 0 Å². The Labute approximate surface area is 180 Å². The van der Waals surface area contributed by atoms with Crippen molar-refractivity contribution in [2.24, 2.45) is 5.92 Å². The first-order chi connectivity index (χ1) is 14.4. The molecule has 7 heteroatoms. The van der Waals surface area contributed by atoms with Crippen LogP contribution in [0, 0.1) is 5.92 Å². The van der Waals surface area contributed by atoms with Crippen LogP contribution in [0.25, 0.3) is 0 Å². The third-order valence-electron chi connectivity index (χ3n) is 5.71. The number of carbonyl (C=O) groups excluding carboxylic acids is 3. The summed E-state index contributed by atoms with van der Waals surface area (Å²) in [6.07, 6.45) is 3.47. The van der Waals surface area contributed by atoms with Gasteiger partial charge in [-0.15, -0.1) is 0 Å². The quantitative estimate of drug-likeness (QED) is 0.647. The minimum atomic E-state index is -0.368. The van der Waals surface area contributed by atoms with Crippen molar-refractivity contribution in [2.45, 2.75) is 52.5 Å². The number of rotatable bonds is 9. The highest BCUT2D eigenvalue weighted by Gasteiger charge is 2.32. The van der Waals surface area contributed by atoms with Gasteiger partial charge >= 0.3 is 0 Å². The minimum Gasteiger partial charge on any atom is -0.356 e. The molecule has 166 valence electrons. The van der Waals surface area contributed by atoms with Gasteiger partial charge in [0.2, 0.25) is 17.7 Å². The van der Waals surface area contributed by atoms with E-state index in [1.165, 1.54) is 4.90 Å². The molecule has 1 fully saturated rings. The SMILES string of the molecule is CCCNC(=O)[C@@H]1CCCN([C@H](C)C(=O)N(C)CC(=O)Nc2ccccc2CC)C1. The van der Waals surface area contributed by atoms with Gasteiger partial charge in [-0.05, 0) is 50.8 Å². The number of hydrogen-bond donors (Lipinski definition) is 2. The first kappa shape index (κ1) is 23.9. The molecule has 30 heavy (non-hydrogen) atoms. The van der Waals surface area contributed by atoms with Crippen molar-refractivity contribution in [1.29, 1.82) is 0 Å². The van der Waals surface area contributed by atoms with E-state index in [-0.39, 0.29) is 36.2 Å². The molecule has 2 rings (SSSR count). The van der Waals surface area contributed by atoms with Gasteiger partial charge in [0.15, 0.2) is 0 Å². The summed E-state index contributed by atoms with van der Waals surface area (Å²) in [6, 6.07) is 7.32. The summed E-state index contributed by atoms with van der Waals surface area (Å²) < 4.78 is 0. The van der Waals surface area contributed by atoms with Crippen LogP contribution in [0.15, 0.2) is 24.3 Å². The Balaban J connectivity index is 1.89. The van der Waals surface area contributed by atoms with Gasteiger partial charge in [0.05, 0.1) is 18.5 Å². The van der Waals surface area contributed by atoms with Gasteiger partial charge in [-0.25, -0.2) is 0 Å². The predicted octanol–water partition coefficient (Wildman–Crippen LogP) is 2.27. The molecule has 1 heterocycles. The molecule has 3 amide bonds. The molecule has 0 spiro atoms. The van der Waals surface area contributed by atoms with Crippen molar-refractivity contribution in [3.05, 3.63) is 29.8 Å². The van der Waals surface area contributed by atoms with Gasteiger partial charge in [-0.1, -0.05) is 32.0 Å². The van der Waals surface area contributed by atoms with Gasteiger partial charge in [0, 0.05) is 25.8 Å². The van der Waals surface area contributed by atoms with Crippen LogP contribution in [-0.4, -0.2) is 66.8 Å². The number of likely N-dealkylation sites (N-methyl/N-ethyl adjacent to an activating group) is 1. The van der Waals surface area contributed by atoms with E-state index in [1.54, 1.807) is 7.05 Å². The number of amides is 3. The highest BCUT2D eigenvalue weighted by Crippen LogP contribution is 2.20. The number of anilines is 1. The van der Waals surface area contributed by atoms with Crippen LogP contribution in [0.3, 0.4) is 0 Å². The topological polar surface area (TPSA) is 81.8 Å². The number of hydrogen-bond acceptors (Lipinski definition) is 4. The van der Waals surface area contributed by atoms with E-state index < -0.39 is 0 Å². The number of likely N-dealkylation sites (tertiary alicyclic amines) is 1. The molecule has 0 radical (unpaired) electrons. The molecule has 0 unspecified atom stereocenters. The van der Waals surface area contributed by atoms with E-state index in [9.17, 15) is 14.4 Å². The summed E-state index contributed by atoms with van der Waals surface area (Å²) >= 11 is 0. The molecule has 1 aliphatic heterocycles. The second kappa shape index (κ2) is 11.7. The van der Waals surface area contributed by atoms with Gasteiger partial charge in [0.25, 0.3) is 0 Å². The lowest BCUT2D eigenvalue weighted by Crippen LogP contribution is -2.52. The minimum absolute atomic E-state index is 0.00449. The summed E-state index contributed by atoms with van der Waals surface area (Å²) in [7, 11) is 1.65. The third-order valence-corrected chi connectivity index (χ3v) is 5.71. The fraction of sp³-hybridized carbons (Fsp3) is 0.609. The van der Waals surface area contributed by atoms with Crippen LogP contribution in [0.5, 0.6) is 0 Å². The molecular weight excluding hydrogens is 380 g/mol. The molecule has 1 saturated heterocycles. The number of piperidine rings is 1. The molecule has 0 aromatic heterocycles. The second-order valence-electron chi connectivity index (χ2n) is 8.05. The highest BCUT2D eigenvalue weighted by molar-refractivity contribution is 5.95. The zero-order chi connectivity index (χ0) is 22.1. The molecule has 1 aromatic rings. The Morgan fingerprint density at radius 2 is 1.97 bits per heavy atom. The number of nitrogens with zero attached hydrogens (tertiary/aromatic N) is 2. The van der Waals surface area contributed by atoms with Crippen molar-refractivity contribution in [1.82, 2.24) is 15.1 Å². The van der Waals surface area contributed by atoms with Crippen molar-refractivity contribution in [2.75, 3.05) is 38.5 Å². The van der Waals surface area contributed by atoms with E-state index in [0.717, 1.165) is 43.5 Å². The lowest BCUT2D eigenvalue weighted by Gasteiger charge is -2.36. The number of nitrogens with one attached hydrogen (secondary N) is 2. The Morgan fingerprint density at radius 1 is 1.23 bits per heavy atom. The van der Waals surface area contributed by atoms with Crippen LogP contribution in [-0.2, 0) is 20.8 Å². The fourth-order valence-corrected chi connectivity index (χ4v) is 3.87. The van der Waals surface area contributed by atoms with Crippen molar-refractivity contribution < 1.29 is 14.4 Å². The maximum Gasteiger partial charge on any atom is 0.243 e. The van der Waals surface area contributed by atoms with Gasteiger partial charge in [0.1, 0.15) is 0 Å². The fourth-order valence-electron chi connectivity index (χ4n) is 3.87. The smallest absolute Gasteiger partial charge is 0.243 e. The van der Waals surface area contributed by atoms with Crippen LogP contribution in [0.4, 0.5) is 5.69 Å². The maximum atomic E-state index is 12.9. The van der Waals surface area contributed by atoms with Crippen LogP contribution in [0.1, 0.15) is 45.6 Å². The molecule has 0 bridgehead atoms.